The van der Waals surface area contributed by atoms with Gasteiger partial charge in [-0.2, -0.15) is 0 Å². The van der Waals surface area contributed by atoms with Crippen molar-refractivity contribution in [2.45, 2.75) is 65.6 Å². The predicted octanol–water partition coefficient (Wildman–Crippen LogP) is 3.00. The van der Waals surface area contributed by atoms with E-state index >= 15 is 0 Å². The second-order valence-electron chi connectivity index (χ2n) is 8.91. The second kappa shape index (κ2) is 10.1. The minimum Gasteiger partial charge on any atom is -0.444 e. The van der Waals surface area contributed by atoms with Crippen LogP contribution in [0.15, 0.2) is 24.3 Å². The van der Waals surface area contributed by atoms with Gasteiger partial charge in [0.25, 0.3) is 0 Å². The number of likely N-dealkylation sites (N-methyl/N-ethyl adjacent to an activating group) is 1. The van der Waals surface area contributed by atoms with Crippen LogP contribution in [0.1, 0.15) is 65.6 Å². The normalized spacial score (nSPS) is 12.3. The summed E-state index contributed by atoms with van der Waals surface area (Å²) >= 11 is 0. The van der Waals surface area contributed by atoms with Gasteiger partial charge < -0.3 is 20.3 Å². The average molecular weight is 416 g/mol. The molecule has 0 heterocycles. The molecule has 1 aromatic rings. The lowest BCUT2D eigenvalue weighted by Crippen LogP contribution is -2.51. The minimum atomic E-state index is -0.936. The third kappa shape index (κ3) is 7.78. The number of benzene rings is 1. The van der Waals surface area contributed by atoms with E-state index in [9.17, 15) is 14.4 Å². The van der Waals surface area contributed by atoms with Gasteiger partial charge in [-0.05, 0) is 60.1 Å². The molecule has 164 valence electrons. The molecule has 0 spiro atoms. The van der Waals surface area contributed by atoms with Gasteiger partial charge in [-0.1, -0.05) is 24.1 Å². The van der Waals surface area contributed by atoms with Crippen LogP contribution in [-0.4, -0.2) is 47.0 Å². The molecule has 1 atom stereocenters. The van der Waals surface area contributed by atoms with Gasteiger partial charge in [0.1, 0.15) is 18.2 Å². The molecule has 0 fully saturated rings. The number of nitrogens with zero attached hydrogens (tertiary/aromatic N) is 1. The van der Waals surface area contributed by atoms with Crippen molar-refractivity contribution < 1.29 is 19.1 Å². The van der Waals surface area contributed by atoms with Crippen LogP contribution in [-0.2, 0) is 14.3 Å². The Kier molecular flexibility index (Phi) is 8.47. The smallest absolute Gasteiger partial charge is 0.408 e. The summed E-state index contributed by atoms with van der Waals surface area (Å²) < 4.78 is 5.17. The lowest BCUT2D eigenvalue weighted by Gasteiger charge is -2.33. The minimum absolute atomic E-state index is 0.246. The fraction of sp³-hybridized carbons (Fsp3) is 0.522. The van der Waals surface area contributed by atoms with Crippen molar-refractivity contribution >= 4 is 17.9 Å². The van der Waals surface area contributed by atoms with Gasteiger partial charge >= 0.3 is 6.09 Å². The number of carbonyl (C=O) groups excluding carboxylic acids is 3. The maximum absolute atomic E-state index is 13.2. The molecule has 0 aromatic heterocycles. The molecule has 0 radical (unpaired) electrons. The molecule has 0 aliphatic rings. The van der Waals surface area contributed by atoms with Gasteiger partial charge in [-0.25, -0.2) is 4.79 Å². The predicted molar refractivity (Wildman–Crippen MR) is 117 cm³/mol. The highest BCUT2D eigenvalue weighted by Crippen LogP contribution is 2.25. The molecule has 3 amide bonds. The molecule has 30 heavy (non-hydrogen) atoms. The van der Waals surface area contributed by atoms with Gasteiger partial charge in [0.2, 0.25) is 11.8 Å². The van der Waals surface area contributed by atoms with Crippen molar-refractivity contribution in [1.82, 2.24) is 15.5 Å². The number of hydrogen-bond acceptors (Lipinski definition) is 4. The van der Waals surface area contributed by atoms with E-state index in [2.05, 4.69) is 16.6 Å². The monoisotopic (exact) mass is 415 g/mol. The van der Waals surface area contributed by atoms with Crippen molar-refractivity contribution in [3.8, 4) is 12.3 Å². The summed E-state index contributed by atoms with van der Waals surface area (Å²) in [6.07, 6.45) is 4.93. The van der Waals surface area contributed by atoms with Gasteiger partial charge in [-0.15, -0.1) is 6.42 Å². The third-order valence-corrected chi connectivity index (χ3v) is 3.91. The molecule has 0 aliphatic heterocycles. The van der Waals surface area contributed by atoms with Gasteiger partial charge in [0.15, 0.2) is 0 Å². The van der Waals surface area contributed by atoms with E-state index in [1.807, 2.05) is 20.8 Å². The van der Waals surface area contributed by atoms with Crippen molar-refractivity contribution in [2.24, 2.45) is 0 Å². The molecule has 2 N–H and O–H groups in total. The van der Waals surface area contributed by atoms with Crippen LogP contribution in [0.25, 0.3) is 0 Å². The maximum atomic E-state index is 13.2. The average Bonchev–Trinajstić information content (AvgIpc) is 2.61. The summed E-state index contributed by atoms with van der Waals surface area (Å²) in [5.74, 6) is 1.80. The zero-order valence-electron chi connectivity index (χ0n) is 19.0. The number of nitrogens with one attached hydrogen (secondary N) is 2. The number of carbonyl (C=O) groups is 3. The zero-order chi connectivity index (χ0) is 23.1. The van der Waals surface area contributed by atoms with Gasteiger partial charge in [0.05, 0.1) is 0 Å². The van der Waals surface area contributed by atoms with Crippen LogP contribution in [0.5, 0.6) is 0 Å². The highest BCUT2D eigenvalue weighted by Gasteiger charge is 2.33. The number of amides is 3. The first kappa shape index (κ1) is 25.0. The Hall–Kier alpha value is -3.01. The fourth-order valence-corrected chi connectivity index (χ4v) is 2.82. The van der Waals surface area contributed by atoms with Gasteiger partial charge in [-0.3, -0.25) is 9.59 Å². The molecular formula is C23H33N3O4. The fourth-order valence-electron chi connectivity index (χ4n) is 2.82. The van der Waals surface area contributed by atoms with E-state index in [1.54, 1.807) is 52.0 Å². The largest absolute Gasteiger partial charge is 0.444 e. The highest BCUT2D eigenvalue weighted by atomic mass is 16.6. The Morgan fingerprint density at radius 2 is 1.73 bits per heavy atom. The molecule has 1 unspecified atom stereocenters. The molecule has 0 saturated heterocycles. The van der Waals surface area contributed by atoms with Crippen LogP contribution in [0.4, 0.5) is 4.79 Å². The number of rotatable bonds is 6. The van der Waals surface area contributed by atoms with E-state index in [1.165, 1.54) is 4.90 Å². The van der Waals surface area contributed by atoms with Crippen LogP contribution in [0, 0.1) is 12.3 Å². The molecule has 7 nitrogen and oxygen atoms in total. The number of terminal acetylenes is 1. The molecular weight excluding hydrogens is 382 g/mol. The van der Waals surface area contributed by atoms with Crippen molar-refractivity contribution in [2.75, 3.05) is 13.1 Å². The molecule has 0 bridgehead atoms. The van der Waals surface area contributed by atoms with E-state index in [-0.39, 0.29) is 19.0 Å². The van der Waals surface area contributed by atoms with Crippen LogP contribution >= 0.6 is 0 Å². The Morgan fingerprint density at radius 3 is 2.23 bits per heavy atom. The molecule has 1 rings (SSSR count). The Bertz CT molecular complexity index is 813. The summed E-state index contributed by atoms with van der Waals surface area (Å²) in [5.41, 5.74) is -0.108. The SMILES string of the molecule is C#Cc1ccccc1C(C(=O)NC(C)(C)C)N(CC)C(=O)CNC(=O)OC(C)(C)C. The Balaban J connectivity index is 3.19. The number of hydrogen-bond donors (Lipinski definition) is 2. The van der Waals surface area contributed by atoms with E-state index in [4.69, 9.17) is 11.2 Å². The summed E-state index contributed by atoms with van der Waals surface area (Å²) in [7, 11) is 0. The Morgan fingerprint density at radius 1 is 1.13 bits per heavy atom. The standard InChI is InChI=1S/C23H33N3O4/c1-9-16-13-11-12-14-17(16)19(20(28)25-22(3,4)5)26(10-2)18(27)15-24-21(29)30-23(6,7)8/h1,11-14,19H,10,15H2,2-8H3,(H,24,29)(H,25,28). The number of ether oxygens (including phenoxy) is 1. The topological polar surface area (TPSA) is 87.7 Å². The van der Waals surface area contributed by atoms with E-state index in [0.717, 1.165) is 0 Å². The van der Waals surface area contributed by atoms with Gasteiger partial charge in [0, 0.05) is 17.6 Å². The van der Waals surface area contributed by atoms with Crippen molar-refractivity contribution in [3.05, 3.63) is 35.4 Å². The maximum Gasteiger partial charge on any atom is 0.408 e. The lowest BCUT2D eigenvalue weighted by molar-refractivity contribution is -0.140. The second-order valence-corrected chi connectivity index (χ2v) is 8.91. The van der Waals surface area contributed by atoms with Crippen LogP contribution in [0.3, 0.4) is 0 Å². The first-order valence-corrected chi connectivity index (χ1v) is 9.93. The van der Waals surface area contributed by atoms with Crippen LogP contribution in [0.2, 0.25) is 0 Å². The van der Waals surface area contributed by atoms with Crippen molar-refractivity contribution in [3.63, 3.8) is 0 Å². The number of alkyl carbamates (subject to hydrolysis) is 1. The van der Waals surface area contributed by atoms with E-state index in [0.29, 0.717) is 11.1 Å². The zero-order valence-corrected chi connectivity index (χ0v) is 19.0. The first-order valence-electron chi connectivity index (χ1n) is 9.93. The summed E-state index contributed by atoms with van der Waals surface area (Å²) in [6, 6.07) is 6.07. The third-order valence-electron chi connectivity index (χ3n) is 3.91. The lowest BCUT2D eigenvalue weighted by atomic mass is 9.97. The molecule has 1 aromatic carbocycles. The summed E-state index contributed by atoms with van der Waals surface area (Å²) in [6.45, 7) is 12.5. The summed E-state index contributed by atoms with van der Waals surface area (Å²) in [4.78, 5) is 39.4. The quantitative estimate of drug-likeness (QED) is 0.699. The molecule has 0 aliphatic carbocycles. The molecule has 7 heteroatoms. The first-order chi connectivity index (χ1) is 13.8. The van der Waals surface area contributed by atoms with Crippen molar-refractivity contribution in [1.29, 1.82) is 0 Å². The van der Waals surface area contributed by atoms with E-state index < -0.39 is 29.2 Å². The van der Waals surface area contributed by atoms with Crippen LogP contribution < -0.4 is 10.6 Å². The summed E-state index contributed by atoms with van der Waals surface area (Å²) in [5, 5.41) is 5.37. The highest BCUT2D eigenvalue weighted by molar-refractivity contribution is 5.91. The Labute approximate surface area is 179 Å². The molecule has 0 saturated carbocycles.